The molecule has 0 radical (unpaired) electrons. The molecule has 2 heterocycles. The summed E-state index contributed by atoms with van der Waals surface area (Å²) in [5, 5.41) is 16.4. The number of furan rings is 1. The van der Waals surface area contributed by atoms with Crippen LogP contribution in [0.1, 0.15) is 36.8 Å². The third-order valence-corrected chi connectivity index (χ3v) is 4.56. The van der Waals surface area contributed by atoms with Crippen LogP contribution in [0.2, 0.25) is 0 Å². The second-order valence-corrected chi connectivity index (χ2v) is 6.54. The Bertz CT molecular complexity index is 1000. The average Bonchev–Trinajstić information content (AvgIpc) is 3.04. The van der Waals surface area contributed by atoms with Crippen molar-refractivity contribution in [2.45, 2.75) is 33.7 Å². The minimum atomic E-state index is -0.690. The Morgan fingerprint density at radius 1 is 1.19 bits per heavy atom. The van der Waals surface area contributed by atoms with Gasteiger partial charge < -0.3 is 15.1 Å². The molecule has 2 N–H and O–H groups in total. The van der Waals surface area contributed by atoms with E-state index >= 15 is 0 Å². The first-order valence-electron chi connectivity index (χ1n) is 8.34. The molecule has 2 amide bonds. The van der Waals surface area contributed by atoms with Crippen molar-refractivity contribution in [2.75, 3.05) is 0 Å². The van der Waals surface area contributed by atoms with Gasteiger partial charge in [0.05, 0.1) is 4.92 Å². The summed E-state index contributed by atoms with van der Waals surface area (Å²) in [6.07, 6.45) is 0. The number of hydrogen-bond acceptors (Lipinski definition) is 5. The number of carbonyl (C=O) groups excluding carboxylic acids is 2. The average molecular weight is 369 g/mol. The zero-order chi connectivity index (χ0) is 19.9. The number of urea groups is 1. The monoisotopic (exact) mass is 369 g/mol. The molecule has 8 nitrogen and oxygen atoms in total. The highest BCUT2D eigenvalue weighted by Gasteiger charge is 2.31. The molecule has 1 aromatic carbocycles. The first kappa shape index (κ1) is 18.4. The van der Waals surface area contributed by atoms with Gasteiger partial charge in [0.15, 0.2) is 5.78 Å². The first-order chi connectivity index (χ1) is 12.7. The standard InChI is InChI=1S/C19H19N3O5/c1-9-8-14(22(25)26)10(2)7-13(9)15-5-6-16(27-15)18-17(12(4)23)11(3)20-19(24)21-18/h5-8,18H,1-4H3,(H2,20,21,24)/t18-/m0/s1. The second-order valence-electron chi connectivity index (χ2n) is 6.54. The number of hydrogen-bond donors (Lipinski definition) is 2. The summed E-state index contributed by atoms with van der Waals surface area (Å²) in [4.78, 5) is 34.5. The molecule has 1 atom stereocenters. The van der Waals surface area contributed by atoms with Crippen LogP contribution in [-0.2, 0) is 4.79 Å². The lowest BCUT2D eigenvalue weighted by Crippen LogP contribution is -2.44. The van der Waals surface area contributed by atoms with Crippen molar-refractivity contribution < 1.29 is 18.9 Å². The maximum atomic E-state index is 12.0. The summed E-state index contributed by atoms with van der Waals surface area (Å²) in [6, 6.07) is 5.52. The molecule has 1 aliphatic rings. The fourth-order valence-corrected chi connectivity index (χ4v) is 3.29. The Balaban J connectivity index is 2.04. The number of aryl methyl sites for hydroxylation is 2. The van der Waals surface area contributed by atoms with E-state index in [9.17, 15) is 19.7 Å². The van der Waals surface area contributed by atoms with Gasteiger partial charge in [0.2, 0.25) is 0 Å². The van der Waals surface area contributed by atoms with E-state index in [-0.39, 0.29) is 11.5 Å². The molecule has 140 valence electrons. The van der Waals surface area contributed by atoms with Gasteiger partial charge in [-0.1, -0.05) is 0 Å². The molecule has 0 saturated carbocycles. The lowest BCUT2D eigenvalue weighted by atomic mass is 9.97. The minimum Gasteiger partial charge on any atom is -0.459 e. The van der Waals surface area contributed by atoms with Crippen LogP contribution >= 0.6 is 0 Å². The Morgan fingerprint density at radius 2 is 1.89 bits per heavy atom. The van der Waals surface area contributed by atoms with Gasteiger partial charge in [0.25, 0.3) is 5.69 Å². The van der Waals surface area contributed by atoms with Gasteiger partial charge in [-0.2, -0.15) is 0 Å². The summed E-state index contributed by atoms with van der Waals surface area (Å²) in [7, 11) is 0. The largest absolute Gasteiger partial charge is 0.459 e. The molecule has 1 aromatic heterocycles. The number of allylic oxidation sites excluding steroid dienone is 1. The molecular weight excluding hydrogens is 350 g/mol. The third kappa shape index (κ3) is 3.33. The van der Waals surface area contributed by atoms with Gasteiger partial charge >= 0.3 is 6.03 Å². The smallest absolute Gasteiger partial charge is 0.319 e. The molecule has 0 spiro atoms. The van der Waals surface area contributed by atoms with Crippen molar-refractivity contribution >= 4 is 17.5 Å². The van der Waals surface area contributed by atoms with Crippen molar-refractivity contribution in [3.05, 3.63) is 62.5 Å². The van der Waals surface area contributed by atoms with Crippen LogP contribution in [0.5, 0.6) is 0 Å². The van der Waals surface area contributed by atoms with E-state index in [0.29, 0.717) is 33.9 Å². The van der Waals surface area contributed by atoms with Crippen LogP contribution in [0.3, 0.4) is 0 Å². The summed E-state index contributed by atoms with van der Waals surface area (Å²) < 4.78 is 5.92. The molecule has 8 heteroatoms. The van der Waals surface area contributed by atoms with Crippen LogP contribution in [0.4, 0.5) is 10.5 Å². The van der Waals surface area contributed by atoms with Crippen LogP contribution < -0.4 is 10.6 Å². The number of nitro benzene ring substituents is 1. The van der Waals surface area contributed by atoms with Gasteiger partial charge in [0.1, 0.15) is 17.6 Å². The molecule has 2 aromatic rings. The number of benzene rings is 1. The SMILES string of the molecule is CC(=O)C1=C(C)NC(=O)N[C@H]1c1ccc(-c2cc(C)c([N+](=O)[O-])cc2C)o1. The predicted molar refractivity (Wildman–Crippen MR) is 98.1 cm³/mol. The molecular formula is C19H19N3O5. The zero-order valence-corrected chi connectivity index (χ0v) is 15.4. The van der Waals surface area contributed by atoms with E-state index in [1.165, 1.54) is 13.0 Å². The third-order valence-electron chi connectivity index (χ3n) is 4.56. The van der Waals surface area contributed by atoms with Gasteiger partial charge in [-0.25, -0.2) is 4.79 Å². The van der Waals surface area contributed by atoms with Gasteiger partial charge in [0, 0.05) is 28.5 Å². The summed E-state index contributed by atoms with van der Waals surface area (Å²) in [5.74, 6) is 0.749. The van der Waals surface area contributed by atoms with Crippen LogP contribution in [0.25, 0.3) is 11.3 Å². The maximum absolute atomic E-state index is 12.0. The fourth-order valence-electron chi connectivity index (χ4n) is 3.29. The lowest BCUT2D eigenvalue weighted by molar-refractivity contribution is -0.385. The van der Waals surface area contributed by atoms with Gasteiger partial charge in [-0.05, 0) is 51.5 Å². The highest BCUT2D eigenvalue weighted by molar-refractivity contribution is 5.98. The van der Waals surface area contributed by atoms with Gasteiger partial charge in [-0.15, -0.1) is 0 Å². The summed E-state index contributed by atoms with van der Waals surface area (Å²) in [6.45, 7) is 6.52. The number of nitrogens with one attached hydrogen (secondary N) is 2. The molecule has 3 rings (SSSR count). The van der Waals surface area contributed by atoms with E-state index in [2.05, 4.69) is 10.6 Å². The molecule has 0 aliphatic carbocycles. The van der Waals surface area contributed by atoms with Crippen molar-refractivity contribution in [2.24, 2.45) is 0 Å². The van der Waals surface area contributed by atoms with Crippen molar-refractivity contribution in [3.8, 4) is 11.3 Å². The highest BCUT2D eigenvalue weighted by Crippen LogP contribution is 2.35. The Hall–Kier alpha value is -3.42. The number of Topliss-reactive ketones (excluding diaryl/α,β-unsaturated/α-hetero) is 1. The van der Waals surface area contributed by atoms with Gasteiger partial charge in [-0.3, -0.25) is 14.9 Å². The Kier molecular flexibility index (Phi) is 4.57. The quantitative estimate of drug-likeness (QED) is 0.630. The topological polar surface area (TPSA) is 114 Å². The normalized spacial score (nSPS) is 16.7. The number of ketones is 1. The lowest BCUT2D eigenvalue weighted by Gasteiger charge is -2.26. The molecule has 1 aliphatic heterocycles. The molecule has 27 heavy (non-hydrogen) atoms. The van der Waals surface area contributed by atoms with E-state index < -0.39 is 17.0 Å². The molecule has 0 fully saturated rings. The van der Waals surface area contributed by atoms with Crippen molar-refractivity contribution in [3.63, 3.8) is 0 Å². The van der Waals surface area contributed by atoms with E-state index in [0.717, 1.165) is 5.56 Å². The Morgan fingerprint density at radius 3 is 2.52 bits per heavy atom. The zero-order valence-electron chi connectivity index (χ0n) is 15.4. The van der Waals surface area contributed by atoms with Crippen LogP contribution in [0.15, 0.2) is 40.0 Å². The van der Waals surface area contributed by atoms with Crippen LogP contribution in [-0.4, -0.2) is 16.7 Å². The maximum Gasteiger partial charge on any atom is 0.319 e. The minimum absolute atomic E-state index is 0.0473. The number of rotatable bonds is 4. The number of nitro groups is 1. The van der Waals surface area contributed by atoms with E-state index in [4.69, 9.17) is 4.42 Å². The molecule has 0 bridgehead atoms. The highest BCUT2D eigenvalue weighted by atomic mass is 16.6. The number of carbonyl (C=O) groups is 2. The Labute approximate surface area is 155 Å². The van der Waals surface area contributed by atoms with Crippen LogP contribution in [0, 0.1) is 24.0 Å². The van der Waals surface area contributed by atoms with Crippen molar-refractivity contribution in [1.29, 1.82) is 0 Å². The first-order valence-corrected chi connectivity index (χ1v) is 8.34. The second kappa shape index (κ2) is 6.71. The molecule has 0 unspecified atom stereocenters. The predicted octanol–water partition coefficient (Wildman–Crippen LogP) is 3.69. The van der Waals surface area contributed by atoms with E-state index in [1.807, 2.05) is 0 Å². The van der Waals surface area contributed by atoms with E-state index in [1.54, 1.807) is 39.0 Å². The summed E-state index contributed by atoms with van der Waals surface area (Å²) in [5.41, 5.74) is 2.89. The number of amides is 2. The summed E-state index contributed by atoms with van der Waals surface area (Å²) >= 11 is 0. The fraction of sp³-hybridized carbons (Fsp3) is 0.263. The number of nitrogens with zero attached hydrogens (tertiary/aromatic N) is 1. The van der Waals surface area contributed by atoms with Crippen molar-refractivity contribution in [1.82, 2.24) is 10.6 Å². The molecule has 0 saturated heterocycles.